The van der Waals surface area contributed by atoms with Gasteiger partial charge in [0.05, 0.1) is 25.6 Å². The summed E-state index contributed by atoms with van der Waals surface area (Å²) >= 11 is 0. The van der Waals surface area contributed by atoms with Gasteiger partial charge >= 0.3 is 6.09 Å². The number of carbonyl (C=O) groups excluding carboxylic acids is 3. The van der Waals surface area contributed by atoms with Crippen molar-refractivity contribution in [3.05, 3.63) is 23.8 Å². The van der Waals surface area contributed by atoms with E-state index in [0.717, 1.165) is 31.2 Å². The van der Waals surface area contributed by atoms with Gasteiger partial charge in [-0.25, -0.2) is 4.79 Å². The number of benzene rings is 1. The van der Waals surface area contributed by atoms with Gasteiger partial charge in [-0.3, -0.25) is 9.59 Å². The maximum atomic E-state index is 14.1. The largest absolute Gasteiger partial charge is 0.493 e. The standard InChI is InChI=1S/C32H51N3O7/c1-22(2)13-14-33-29(36)24-18-25(21-34(20-24)31(38)42-32(3,4)5)30(37)35(26-10-11-26)19-23-9-12-27(40-7)28(17-23)41-16-8-15-39-6/h9,12,17,22,24-26H,8,10-11,13-16,18-21H2,1-7H3,(H,33,36)/t24-,25-/m0/s1. The van der Waals surface area contributed by atoms with Crippen LogP contribution in [0.25, 0.3) is 0 Å². The van der Waals surface area contributed by atoms with E-state index in [1.807, 2.05) is 43.9 Å². The lowest BCUT2D eigenvalue weighted by Gasteiger charge is -2.39. The van der Waals surface area contributed by atoms with Gasteiger partial charge in [0.2, 0.25) is 11.8 Å². The van der Waals surface area contributed by atoms with Crippen LogP contribution in [0.15, 0.2) is 18.2 Å². The number of hydrogen-bond acceptors (Lipinski definition) is 7. The van der Waals surface area contributed by atoms with Crippen molar-refractivity contribution in [1.82, 2.24) is 15.1 Å². The highest BCUT2D eigenvalue weighted by molar-refractivity contribution is 5.84. The maximum absolute atomic E-state index is 14.1. The zero-order chi connectivity index (χ0) is 30.9. The minimum Gasteiger partial charge on any atom is -0.493 e. The van der Waals surface area contributed by atoms with E-state index < -0.39 is 23.5 Å². The summed E-state index contributed by atoms with van der Waals surface area (Å²) in [5, 5.41) is 3.02. The Labute approximate surface area is 251 Å². The minimum atomic E-state index is -0.680. The van der Waals surface area contributed by atoms with Gasteiger partial charge in [-0.1, -0.05) is 19.9 Å². The monoisotopic (exact) mass is 589 g/mol. The highest BCUT2D eigenvalue weighted by Gasteiger charge is 2.42. The highest BCUT2D eigenvalue weighted by Crippen LogP contribution is 2.35. The molecule has 1 aliphatic heterocycles. The topological polar surface area (TPSA) is 107 Å². The fourth-order valence-corrected chi connectivity index (χ4v) is 5.09. The molecule has 1 aromatic rings. The summed E-state index contributed by atoms with van der Waals surface area (Å²) in [7, 11) is 3.26. The number of methoxy groups -OCH3 is 2. The van der Waals surface area contributed by atoms with Crippen LogP contribution in [0.2, 0.25) is 0 Å². The van der Waals surface area contributed by atoms with Gasteiger partial charge in [-0.05, 0) is 70.1 Å². The first-order valence-corrected chi connectivity index (χ1v) is 15.3. The van der Waals surface area contributed by atoms with Gasteiger partial charge in [-0.15, -0.1) is 0 Å². The van der Waals surface area contributed by atoms with E-state index in [-0.39, 0.29) is 30.9 Å². The summed E-state index contributed by atoms with van der Waals surface area (Å²) in [6, 6.07) is 5.87. The third-order valence-electron chi connectivity index (χ3n) is 7.45. The molecule has 236 valence electrons. The lowest BCUT2D eigenvalue weighted by atomic mass is 9.87. The van der Waals surface area contributed by atoms with Gasteiger partial charge in [0, 0.05) is 52.4 Å². The third kappa shape index (κ3) is 10.4. The molecular weight excluding hydrogens is 538 g/mol. The number of likely N-dealkylation sites (tertiary alicyclic amines) is 1. The van der Waals surface area contributed by atoms with Crippen LogP contribution in [0.5, 0.6) is 11.5 Å². The number of carbonyl (C=O) groups is 3. The Balaban J connectivity index is 1.78. The van der Waals surface area contributed by atoms with E-state index in [1.165, 1.54) is 4.90 Å². The average Bonchev–Trinajstić information content (AvgIpc) is 3.78. The van der Waals surface area contributed by atoms with Crippen LogP contribution < -0.4 is 14.8 Å². The second-order valence-corrected chi connectivity index (χ2v) is 12.9. The van der Waals surface area contributed by atoms with E-state index >= 15 is 0 Å². The van der Waals surface area contributed by atoms with E-state index in [9.17, 15) is 14.4 Å². The SMILES string of the molecule is COCCCOc1cc(CN(C(=O)[C@H]2C[C@H](C(=O)NCCC(C)C)CN(C(=O)OC(C)(C)C)C2)C2CC2)ccc1OC. The van der Waals surface area contributed by atoms with Crippen LogP contribution in [0.1, 0.15) is 72.3 Å². The molecule has 10 heteroatoms. The Morgan fingerprint density at radius 3 is 2.38 bits per heavy atom. The molecule has 1 aliphatic carbocycles. The summed E-state index contributed by atoms with van der Waals surface area (Å²) in [4.78, 5) is 43.8. The molecule has 2 fully saturated rings. The minimum absolute atomic E-state index is 0.0379. The van der Waals surface area contributed by atoms with Gasteiger partial charge in [0.1, 0.15) is 5.60 Å². The molecule has 2 aliphatic rings. The molecule has 1 saturated carbocycles. The van der Waals surface area contributed by atoms with Gasteiger partial charge in [0.15, 0.2) is 11.5 Å². The molecule has 0 spiro atoms. The van der Waals surface area contributed by atoms with E-state index in [1.54, 1.807) is 14.2 Å². The number of amides is 3. The summed E-state index contributed by atoms with van der Waals surface area (Å²) in [6.07, 6.45) is 3.38. The number of rotatable bonds is 14. The Morgan fingerprint density at radius 1 is 1.05 bits per heavy atom. The Morgan fingerprint density at radius 2 is 1.76 bits per heavy atom. The first kappa shape index (κ1) is 33.5. The molecule has 1 aromatic carbocycles. The van der Waals surface area contributed by atoms with Gasteiger partial charge < -0.3 is 34.1 Å². The van der Waals surface area contributed by atoms with Crippen LogP contribution in [0.3, 0.4) is 0 Å². The Hall–Kier alpha value is -3.01. The molecule has 3 rings (SSSR count). The number of hydrogen-bond donors (Lipinski definition) is 1. The van der Waals surface area contributed by atoms with Crippen molar-refractivity contribution in [3.8, 4) is 11.5 Å². The van der Waals surface area contributed by atoms with Crippen LogP contribution >= 0.6 is 0 Å². The van der Waals surface area contributed by atoms with Crippen molar-refractivity contribution >= 4 is 17.9 Å². The summed E-state index contributed by atoms with van der Waals surface area (Å²) in [6.45, 7) is 12.2. The zero-order valence-corrected chi connectivity index (χ0v) is 26.6. The molecule has 42 heavy (non-hydrogen) atoms. The predicted molar refractivity (Wildman–Crippen MR) is 160 cm³/mol. The molecule has 2 atom stereocenters. The molecular formula is C32H51N3O7. The lowest BCUT2D eigenvalue weighted by molar-refractivity contribution is -0.140. The van der Waals surface area contributed by atoms with Gasteiger partial charge in [0.25, 0.3) is 0 Å². The number of piperidine rings is 1. The van der Waals surface area contributed by atoms with Crippen LogP contribution in [0.4, 0.5) is 4.79 Å². The fourth-order valence-electron chi connectivity index (χ4n) is 5.09. The third-order valence-corrected chi connectivity index (χ3v) is 7.45. The molecule has 0 aromatic heterocycles. The average molecular weight is 590 g/mol. The smallest absolute Gasteiger partial charge is 0.410 e. The van der Waals surface area contributed by atoms with Crippen molar-refractivity contribution in [2.45, 2.75) is 84.9 Å². The first-order valence-electron chi connectivity index (χ1n) is 15.3. The summed E-state index contributed by atoms with van der Waals surface area (Å²) in [5.74, 6) is 0.574. The normalized spacial score (nSPS) is 18.9. The van der Waals surface area contributed by atoms with Crippen molar-refractivity contribution < 1.29 is 33.3 Å². The number of nitrogens with zero attached hydrogens (tertiary/aromatic N) is 2. The van der Waals surface area contributed by atoms with E-state index in [0.29, 0.717) is 50.1 Å². The van der Waals surface area contributed by atoms with Gasteiger partial charge in [-0.2, -0.15) is 0 Å². The zero-order valence-electron chi connectivity index (χ0n) is 26.6. The molecule has 10 nitrogen and oxygen atoms in total. The molecule has 3 amide bonds. The van der Waals surface area contributed by atoms with Crippen molar-refractivity contribution in [2.75, 3.05) is 47.1 Å². The second-order valence-electron chi connectivity index (χ2n) is 12.9. The number of nitrogens with one attached hydrogen (secondary N) is 1. The molecule has 0 radical (unpaired) electrons. The molecule has 1 heterocycles. The lowest BCUT2D eigenvalue weighted by Crippen LogP contribution is -2.53. The molecule has 1 saturated heterocycles. The van der Waals surface area contributed by atoms with Crippen LogP contribution in [-0.2, 0) is 25.6 Å². The van der Waals surface area contributed by atoms with Crippen LogP contribution in [0, 0.1) is 17.8 Å². The van der Waals surface area contributed by atoms with Crippen molar-refractivity contribution in [1.29, 1.82) is 0 Å². The first-order chi connectivity index (χ1) is 19.9. The van der Waals surface area contributed by atoms with Crippen LogP contribution in [-0.4, -0.2) is 86.4 Å². The Bertz CT molecular complexity index is 1050. The quantitative estimate of drug-likeness (QED) is 0.315. The summed E-state index contributed by atoms with van der Waals surface area (Å²) in [5.41, 5.74) is 0.251. The summed E-state index contributed by atoms with van der Waals surface area (Å²) < 4.78 is 22.2. The fraction of sp³-hybridized carbons (Fsp3) is 0.719. The number of ether oxygens (including phenoxy) is 4. The van der Waals surface area contributed by atoms with Crippen molar-refractivity contribution in [3.63, 3.8) is 0 Å². The predicted octanol–water partition coefficient (Wildman–Crippen LogP) is 4.64. The Kier molecular flexibility index (Phi) is 12.3. The van der Waals surface area contributed by atoms with E-state index in [4.69, 9.17) is 18.9 Å². The highest BCUT2D eigenvalue weighted by atomic mass is 16.6. The molecule has 0 unspecified atom stereocenters. The molecule has 0 bridgehead atoms. The second kappa shape index (κ2) is 15.5. The van der Waals surface area contributed by atoms with Crippen molar-refractivity contribution in [2.24, 2.45) is 17.8 Å². The van der Waals surface area contributed by atoms with E-state index in [2.05, 4.69) is 19.2 Å². The molecule has 1 N–H and O–H groups in total. The maximum Gasteiger partial charge on any atom is 0.410 e.